The first-order valence-electron chi connectivity index (χ1n) is 6.13. The van der Waals surface area contributed by atoms with E-state index in [-0.39, 0.29) is 6.42 Å². The summed E-state index contributed by atoms with van der Waals surface area (Å²) in [4.78, 5) is 10.8. The van der Waals surface area contributed by atoms with E-state index >= 15 is 0 Å². The highest BCUT2D eigenvalue weighted by Crippen LogP contribution is 2.20. The molecule has 0 radical (unpaired) electrons. The first kappa shape index (κ1) is 13.1. The predicted octanol–water partition coefficient (Wildman–Crippen LogP) is 3.20. The minimum Gasteiger partial charge on any atom is -0.489 e. The van der Waals surface area contributed by atoms with Gasteiger partial charge in [-0.2, -0.15) is 0 Å². The maximum absolute atomic E-state index is 10.8. The molecule has 0 aliphatic rings. The molecule has 19 heavy (non-hydrogen) atoms. The van der Waals surface area contributed by atoms with Crippen molar-refractivity contribution < 1.29 is 14.6 Å². The molecule has 0 saturated heterocycles. The average Bonchev–Trinajstić information content (AvgIpc) is 2.39. The van der Waals surface area contributed by atoms with Crippen LogP contribution in [0.2, 0.25) is 0 Å². The number of carboxylic acid groups (broad SMARTS) is 1. The fraction of sp³-hybridized carbons (Fsp3) is 0.188. The lowest BCUT2D eigenvalue weighted by Gasteiger charge is -2.10. The van der Waals surface area contributed by atoms with E-state index < -0.39 is 5.97 Å². The average molecular weight is 256 g/mol. The molecule has 3 heteroatoms. The van der Waals surface area contributed by atoms with Crippen molar-refractivity contribution in [3.63, 3.8) is 0 Å². The van der Waals surface area contributed by atoms with Gasteiger partial charge in [-0.1, -0.05) is 48.0 Å². The zero-order chi connectivity index (χ0) is 13.7. The van der Waals surface area contributed by atoms with Gasteiger partial charge in [-0.3, -0.25) is 4.79 Å². The van der Waals surface area contributed by atoms with E-state index in [4.69, 9.17) is 9.84 Å². The molecule has 0 saturated carbocycles. The van der Waals surface area contributed by atoms with Crippen LogP contribution in [0.4, 0.5) is 0 Å². The van der Waals surface area contributed by atoms with Crippen LogP contribution in [-0.4, -0.2) is 11.1 Å². The first-order chi connectivity index (χ1) is 9.15. The van der Waals surface area contributed by atoms with Crippen molar-refractivity contribution in [2.75, 3.05) is 0 Å². The highest BCUT2D eigenvalue weighted by molar-refractivity contribution is 5.71. The van der Waals surface area contributed by atoms with Gasteiger partial charge in [0.2, 0.25) is 0 Å². The minimum absolute atomic E-state index is 0.0237. The smallest absolute Gasteiger partial charge is 0.307 e. The fourth-order valence-electron chi connectivity index (χ4n) is 1.80. The van der Waals surface area contributed by atoms with Gasteiger partial charge in [0.1, 0.15) is 12.4 Å². The number of aliphatic carboxylic acids is 1. The van der Waals surface area contributed by atoms with Crippen LogP contribution < -0.4 is 4.74 Å². The zero-order valence-electron chi connectivity index (χ0n) is 10.8. The second kappa shape index (κ2) is 6.05. The summed E-state index contributed by atoms with van der Waals surface area (Å²) in [5.74, 6) is -0.225. The van der Waals surface area contributed by atoms with Gasteiger partial charge in [-0.15, -0.1) is 0 Å². The van der Waals surface area contributed by atoms with Crippen LogP contribution in [0.3, 0.4) is 0 Å². The van der Waals surface area contributed by atoms with Crippen LogP contribution >= 0.6 is 0 Å². The molecular formula is C16H16O3. The summed E-state index contributed by atoms with van der Waals surface area (Å²) in [7, 11) is 0. The third-order valence-electron chi connectivity index (χ3n) is 2.83. The summed E-state index contributed by atoms with van der Waals surface area (Å²) in [6.07, 6.45) is -0.0237. The summed E-state index contributed by atoms with van der Waals surface area (Å²) in [6, 6.07) is 15.3. The van der Waals surface area contributed by atoms with Crippen LogP contribution in [0.15, 0.2) is 48.5 Å². The molecular weight excluding hydrogens is 240 g/mol. The van der Waals surface area contributed by atoms with Crippen molar-refractivity contribution in [2.45, 2.75) is 20.0 Å². The molecule has 0 amide bonds. The Balaban J connectivity index is 2.06. The molecule has 1 N–H and O–H groups in total. The van der Waals surface area contributed by atoms with Crippen molar-refractivity contribution in [2.24, 2.45) is 0 Å². The molecule has 2 aromatic carbocycles. The predicted molar refractivity (Wildman–Crippen MR) is 73.3 cm³/mol. The SMILES string of the molecule is Cc1ccc(COc2ccccc2CC(=O)O)cc1. The molecule has 0 atom stereocenters. The lowest BCUT2D eigenvalue weighted by atomic mass is 10.1. The Morgan fingerprint density at radius 1 is 1.11 bits per heavy atom. The molecule has 0 fully saturated rings. The fourth-order valence-corrected chi connectivity index (χ4v) is 1.80. The molecule has 0 spiro atoms. The van der Waals surface area contributed by atoms with Crippen LogP contribution in [0.1, 0.15) is 16.7 Å². The van der Waals surface area contributed by atoms with Gasteiger partial charge in [-0.05, 0) is 18.6 Å². The van der Waals surface area contributed by atoms with Crippen molar-refractivity contribution in [3.8, 4) is 5.75 Å². The first-order valence-corrected chi connectivity index (χ1v) is 6.13. The van der Waals surface area contributed by atoms with E-state index in [0.29, 0.717) is 17.9 Å². The molecule has 2 aromatic rings. The molecule has 3 nitrogen and oxygen atoms in total. The molecule has 0 bridgehead atoms. The van der Waals surface area contributed by atoms with Gasteiger partial charge in [0.25, 0.3) is 0 Å². The monoisotopic (exact) mass is 256 g/mol. The number of hydrogen-bond acceptors (Lipinski definition) is 2. The lowest BCUT2D eigenvalue weighted by Crippen LogP contribution is -2.04. The summed E-state index contributed by atoms with van der Waals surface area (Å²) in [5, 5.41) is 8.85. The quantitative estimate of drug-likeness (QED) is 0.893. The van der Waals surface area contributed by atoms with Crippen molar-refractivity contribution in [3.05, 3.63) is 65.2 Å². The minimum atomic E-state index is -0.855. The Morgan fingerprint density at radius 3 is 2.47 bits per heavy atom. The molecule has 98 valence electrons. The molecule has 0 aromatic heterocycles. The normalized spacial score (nSPS) is 10.2. The number of benzene rings is 2. The van der Waals surface area contributed by atoms with Crippen LogP contribution in [0, 0.1) is 6.92 Å². The maximum Gasteiger partial charge on any atom is 0.307 e. The third-order valence-corrected chi connectivity index (χ3v) is 2.83. The lowest BCUT2D eigenvalue weighted by molar-refractivity contribution is -0.136. The molecule has 0 unspecified atom stereocenters. The Bertz CT molecular complexity index is 558. The van der Waals surface area contributed by atoms with Gasteiger partial charge < -0.3 is 9.84 Å². The van der Waals surface area contributed by atoms with E-state index in [9.17, 15) is 4.79 Å². The van der Waals surface area contributed by atoms with E-state index in [1.807, 2.05) is 43.3 Å². The summed E-state index contributed by atoms with van der Waals surface area (Å²) in [6.45, 7) is 2.48. The van der Waals surface area contributed by atoms with E-state index in [1.165, 1.54) is 5.56 Å². The Morgan fingerprint density at radius 2 is 1.79 bits per heavy atom. The molecule has 2 rings (SSSR count). The van der Waals surface area contributed by atoms with E-state index in [2.05, 4.69) is 0 Å². The summed E-state index contributed by atoms with van der Waals surface area (Å²) in [5.41, 5.74) is 2.97. The van der Waals surface area contributed by atoms with Gasteiger partial charge >= 0.3 is 5.97 Å². The zero-order valence-corrected chi connectivity index (χ0v) is 10.8. The highest BCUT2D eigenvalue weighted by Gasteiger charge is 2.07. The molecule has 0 heterocycles. The molecule has 0 aliphatic heterocycles. The standard InChI is InChI=1S/C16H16O3/c1-12-6-8-13(9-7-12)11-19-15-5-3-2-4-14(15)10-16(17)18/h2-9H,10-11H2,1H3,(H,17,18). The van der Waals surface area contributed by atoms with Crippen molar-refractivity contribution >= 4 is 5.97 Å². The van der Waals surface area contributed by atoms with Crippen molar-refractivity contribution in [1.82, 2.24) is 0 Å². The number of carboxylic acids is 1. The van der Waals surface area contributed by atoms with Crippen LogP contribution in [0.5, 0.6) is 5.75 Å². The van der Waals surface area contributed by atoms with Gasteiger partial charge in [0.05, 0.1) is 6.42 Å². The Hall–Kier alpha value is -2.29. The van der Waals surface area contributed by atoms with Gasteiger partial charge in [-0.25, -0.2) is 0 Å². The number of para-hydroxylation sites is 1. The number of carbonyl (C=O) groups is 1. The van der Waals surface area contributed by atoms with E-state index in [1.54, 1.807) is 12.1 Å². The summed E-state index contributed by atoms with van der Waals surface area (Å²) < 4.78 is 5.70. The Kier molecular flexibility index (Phi) is 4.18. The maximum atomic E-state index is 10.8. The van der Waals surface area contributed by atoms with Crippen LogP contribution in [-0.2, 0) is 17.8 Å². The largest absolute Gasteiger partial charge is 0.489 e. The van der Waals surface area contributed by atoms with Gasteiger partial charge in [0.15, 0.2) is 0 Å². The molecule has 0 aliphatic carbocycles. The second-order valence-electron chi connectivity index (χ2n) is 4.45. The number of aryl methyl sites for hydroxylation is 1. The Labute approximate surface area is 112 Å². The number of rotatable bonds is 5. The second-order valence-corrected chi connectivity index (χ2v) is 4.45. The number of hydrogen-bond donors (Lipinski definition) is 1. The topological polar surface area (TPSA) is 46.5 Å². The van der Waals surface area contributed by atoms with E-state index in [0.717, 1.165) is 5.56 Å². The van der Waals surface area contributed by atoms with Gasteiger partial charge in [0, 0.05) is 5.56 Å². The highest BCUT2D eigenvalue weighted by atomic mass is 16.5. The number of ether oxygens (including phenoxy) is 1. The van der Waals surface area contributed by atoms with Crippen molar-refractivity contribution in [1.29, 1.82) is 0 Å². The summed E-state index contributed by atoms with van der Waals surface area (Å²) >= 11 is 0. The van der Waals surface area contributed by atoms with Crippen LogP contribution in [0.25, 0.3) is 0 Å². The third kappa shape index (κ3) is 3.85.